The lowest BCUT2D eigenvalue weighted by Gasteiger charge is -2.11. The molecular weight excluding hydrogens is 458 g/mol. The Morgan fingerprint density at radius 3 is 2.81 bits per heavy atom. The Labute approximate surface area is 215 Å². The van der Waals surface area contributed by atoms with Crippen molar-refractivity contribution in [3.8, 4) is 22.8 Å². The van der Waals surface area contributed by atoms with Crippen molar-refractivity contribution in [2.75, 3.05) is 6.54 Å². The molecule has 0 aliphatic heterocycles. The van der Waals surface area contributed by atoms with Crippen molar-refractivity contribution < 1.29 is 0 Å². The van der Waals surface area contributed by atoms with Crippen LogP contribution in [-0.4, -0.2) is 36.7 Å². The molecule has 184 valence electrons. The van der Waals surface area contributed by atoms with E-state index in [0.717, 1.165) is 70.0 Å². The smallest absolute Gasteiger partial charge is 0.161 e. The largest absolute Gasteiger partial charge is 0.336 e. The minimum atomic E-state index is 0.712. The molecule has 1 aromatic carbocycles. The first-order valence-electron chi connectivity index (χ1n) is 13.2. The van der Waals surface area contributed by atoms with Gasteiger partial charge >= 0.3 is 0 Å². The summed E-state index contributed by atoms with van der Waals surface area (Å²) >= 11 is 0. The first-order chi connectivity index (χ1) is 18.3. The molecule has 7 heteroatoms. The van der Waals surface area contributed by atoms with Gasteiger partial charge in [-0.15, -0.1) is 0 Å². The van der Waals surface area contributed by atoms with Gasteiger partial charge in [0.15, 0.2) is 11.5 Å². The molecule has 0 spiro atoms. The predicted octanol–water partition coefficient (Wildman–Crippen LogP) is 6.19. The molecule has 1 saturated carbocycles. The van der Waals surface area contributed by atoms with Gasteiger partial charge < -0.3 is 10.3 Å². The Morgan fingerprint density at radius 1 is 0.973 bits per heavy atom. The zero-order chi connectivity index (χ0) is 24.6. The van der Waals surface area contributed by atoms with Gasteiger partial charge in [-0.1, -0.05) is 43.2 Å². The second-order valence-corrected chi connectivity index (χ2v) is 10.1. The number of fused-ring (bicyclic) bond motifs is 2. The molecule has 2 aliphatic carbocycles. The van der Waals surface area contributed by atoms with E-state index in [-0.39, 0.29) is 0 Å². The number of hydrogen-bond acceptors (Lipinski definition) is 5. The van der Waals surface area contributed by atoms with E-state index in [1.807, 2.05) is 24.5 Å². The highest BCUT2D eigenvalue weighted by Gasteiger charge is 2.18. The highest BCUT2D eigenvalue weighted by molar-refractivity contribution is 5.96. The van der Waals surface area contributed by atoms with Gasteiger partial charge in [0.1, 0.15) is 5.52 Å². The second kappa shape index (κ2) is 9.41. The average Bonchev–Trinajstić information content (AvgIpc) is 3.74. The minimum Gasteiger partial charge on any atom is -0.336 e. The summed E-state index contributed by atoms with van der Waals surface area (Å²) in [5, 5.41) is 11.3. The molecule has 2 aliphatic rings. The minimum absolute atomic E-state index is 0.712. The summed E-state index contributed by atoms with van der Waals surface area (Å²) in [7, 11) is 0. The first kappa shape index (κ1) is 22.1. The van der Waals surface area contributed by atoms with Crippen LogP contribution < -0.4 is 5.32 Å². The highest BCUT2D eigenvalue weighted by Crippen LogP contribution is 2.32. The van der Waals surface area contributed by atoms with E-state index in [1.54, 1.807) is 0 Å². The van der Waals surface area contributed by atoms with Gasteiger partial charge in [-0.05, 0) is 67.1 Å². The van der Waals surface area contributed by atoms with Gasteiger partial charge in [0.2, 0.25) is 0 Å². The zero-order valence-corrected chi connectivity index (χ0v) is 20.7. The van der Waals surface area contributed by atoms with E-state index in [2.05, 4.69) is 68.0 Å². The summed E-state index contributed by atoms with van der Waals surface area (Å²) < 4.78 is 0. The molecule has 0 saturated heterocycles. The lowest BCUT2D eigenvalue weighted by Crippen LogP contribution is -2.20. The Hall–Kier alpha value is -4.10. The number of aromatic amines is 2. The van der Waals surface area contributed by atoms with Crippen LogP contribution >= 0.6 is 0 Å². The number of nitrogens with one attached hydrogen (secondary N) is 3. The van der Waals surface area contributed by atoms with Crippen LogP contribution in [0.4, 0.5) is 0 Å². The van der Waals surface area contributed by atoms with E-state index in [4.69, 9.17) is 9.97 Å². The fourth-order valence-electron chi connectivity index (χ4n) is 5.62. The molecule has 7 nitrogen and oxygen atoms in total. The molecule has 37 heavy (non-hydrogen) atoms. The number of pyridine rings is 2. The fraction of sp³-hybridized carbons (Fsp3) is 0.267. The van der Waals surface area contributed by atoms with Crippen LogP contribution in [0.15, 0.2) is 67.0 Å². The number of nitrogens with zero attached hydrogens (tertiary/aromatic N) is 4. The third-order valence-corrected chi connectivity index (χ3v) is 7.55. The number of hydrogen-bond donors (Lipinski definition) is 3. The van der Waals surface area contributed by atoms with Crippen molar-refractivity contribution in [2.45, 2.75) is 38.6 Å². The van der Waals surface area contributed by atoms with Crippen LogP contribution in [0.5, 0.6) is 0 Å². The number of H-pyrrole nitrogens is 2. The van der Waals surface area contributed by atoms with Crippen LogP contribution in [-0.2, 0) is 6.54 Å². The van der Waals surface area contributed by atoms with Crippen LogP contribution in [0, 0.1) is 5.92 Å². The molecule has 0 unspecified atom stereocenters. The van der Waals surface area contributed by atoms with Crippen molar-refractivity contribution in [2.24, 2.45) is 5.92 Å². The van der Waals surface area contributed by atoms with Crippen molar-refractivity contribution in [3.05, 3.63) is 78.1 Å². The monoisotopic (exact) mass is 487 g/mol. The van der Waals surface area contributed by atoms with E-state index in [1.165, 1.54) is 36.8 Å². The van der Waals surface area contributed by atoms with Crippen LogP contribution in [0.1, 0.15) is 43.2 Å². The molecule has 4 heterocycles. The van der Waals surface area contributed by atoms with E-state index in [0.29, 0.717) is 5.82 Å². The topological polar surface area (TPSA) is 95.2 Å². The normalized spacial score (nSPS) is 15.8. The van der Waals surface area contributed by atoms with Gasteiger partial charge in [-0.2, -0.15) is 5.10 Å². The number of allylic oxidation sites excluding steroid dienone is 4. The third-order valence-electron chi connectivity index (χ3n) is 7.55. The first-order valence-corrected chi connectivity index (χ1v) is 13.2. The van der Waals surface area contributed by atoms with Gasteiger partial charge in [0, 0.05) is 30.1 Å². The zero-order valence-electron chi connectivity index (χ0n) is 20.7. The standard InChI is InChI=1S/C30H29N7/c1-2-7-19(6-1)15-31-16-20-14-22(18-32-17-20)24-12-13-26-28(33-24)29(37-36-26)30-34-25-11-5-10-23(27(25)35-30)21-8-3-4-9-21/h3,5,8-14,17-19,31H,1-2,4,6-7,15-16H2,(H,34,35)(H,36,37). The van der Waals surface area contributed by atoms with Crippen molar-refractivity contribution >= 4 is 27.6 Å². The Morgan fingerprint density at radius 2 is 1.92 bits per heavy atom. The van der Waals surface area contributed by atoms with Crippen molar-refractivity contribution in [3.63, 3.8) is 0 Å². The maximum absolute atomic E-state index is 5.00. The van der Waals surface area contributed by atoms with Crippen LogP contribution in [0.2, 0.25) is 0 Å². The van der Waals surface area contributed by atoms with Crippen molar-refractivity contribution in [1.82, 2.24) is 35.5 Å². The highest BCUT2D eigenvalue weighted by atomic mass is 15.1. The van der Waals surface area contributed by atoms with Crippen LogP contribution in [0.25, 0.3) is 50.4 Å². The summed E-state index contributed by atoms with van der Waals surface area (Å²) in [4.78, 5) is 17.9. The molecule has 1 fully saturated rings. The van der Waals surface area contributed by atoms with Gasteiger partial charge in [0.25, 0.3) is 0 Å². The lowest BCUT2D eigenvalue weighted by molar-refractivity contribution is 0.489. The summed E-state index contributed by atoms with van der Waals surface area (Å²) in [6.07, 6.45) is 16.8. The third kappa shape index (κ3) is 4.25. The Balaban J connectivity index is 1.19. The summed E-state index contributed by atoms with van der Waals surface area (Å²) in [5.41, 5.74) is 9.72. The summed E-state index contributed by atoms with van der Waals surface area (Å²) in [5.74, 6) is 1.53. The van der Waals surface area contributed by atoms with Gasteiger partial charge in [0.05, 0.1) is 22.2 Å². The molecule has 4 aromatic heterocycles. The molecule has 0 atom stereocenters. The fourth-order valence-corrected chi connectivity index (χ4v) is 5.62. The predicted molar refractivity (Wildman–Crippen MR) is 148 cm³/mol. The van der Waals surface area contributed by atoms with Gasteiger partial charge in [-0.25, -0.2) is 9.97 Å². The van der Waals surface area contributed by atoms with E-state index >= 15 is 0 Å². The SMILES string of the molecule is C1=CC(c2cccc3[nH]c(-c4n[nH]c5ccc(-c6cncc(CNCC7CCCC7)c6)nc45)nc23)=CC1. The number of rotatable bonds is 7. The van der Waals surface area contributed by atoms with E-state index < -0.39 is 0 Å². The lowest BCUT2D eigenvalue weighted by atomic mass is 10.1. The summed E-state index contributed by atoms with van der Waals surface area (Å²) in [6.45, 7) is 1.91. The average molecular weight is 488 g/mol. The van der Waals surface area contributed by atoms with Gasteiger partial charge in [-0.3, -0.25) is 10.1 Å². The molecule has 0 radical (unpaired) electrons. The number of benzene rings is 1. The molecule has 5 aromatic rings. The molecular formula is C30H29N7. The van der Waals surface area contributed by atoms with E-state index in [9.17, 15) is 0 Å². The number of aromatic nitrogens is 6. The molecule has 0 amide bonds. The maximum atomic E-state index is 5.00. The Bertz CT molecular complexity index is 1650. The number of para-hydroxylation sites is 1. The Kier molecular flexibility index (Phi) is 5.63. The number of imidazole rings is 1. The maximum Gasteiger partial charge on any atom is 0.161 e. The van der Waals surface area contributed by atoms with Crippen LogP contribution in [0.3, 0.4) is 0 Å². The molecule has 3 N–H and O–H groups in total. The molecule has 0 bridgehead atoms. The van der Waals surface area contributed by atoms with Crippen molar-refractivity contribution in [1.29, 1.82) is 0 Å². The molecule has 7 rings (SSSR count). The second-order valence-electron chi connectivity index (χ2n) is 10.1. The summed E-state index contributed by atoms with van der Waals surface area (Å²) in [6, 6.07) is 12.5. The quantitative estimate of drug-likeness (QED) is 0.255.